The Morgan fingerprint density at radius 3 is 2.54 bits per heavy atom. The Bertz CT molecular complexity index is 733. The van der Waals surface area contributed by atoms with Crippen LogP contribution in [0.25, 0.3) is 0 Å². The molecule has 2 heterocycles. The van der Waals surface area contributed by atoms with Crippen molar-refractivity contribution >= 4 is 5.91 Å². The molecule has 3 rings (SSSR count). The fourth-order valence-electron chi connectivity index (χ4n) is 3.58. The lowest BCUT2D eigenvalue weighted by molar-refractivity contribution is -0.135. The fraction of sp³-hybridized carbons (Fsp3) is 0.524. The number of nitrogens with zero attached hydrogens (tertiary/aromatic N) is 3. The molecule has 1 aliphatic rings. The topological polar surface area (TPSA) is 47.4 Å². The van der Waals surface area contributed by atoms with Crippen LogP contribution in [-0.4, -0.2) is 40.3 Å². The molecule has 0 spiro atoms. The van der Waals surface area contributed by atoms with Crippen molar-refractivity contribution in [3.8, 4) is 0 Å². The number of amides is 1. The first-order valence-electron chi connectivity index (χ1n) is 9.36. The summed E-state index contributed by atoms with van der Waals surface area (Å²) in [7, 11) is 0. The van der Waals surface area contributed by atoms with E-state index in [-0.39, 0.29) is 11.3 Å². The van der Waals surface area contributed by atoms with Crippen LogP contribution < -0.4 is 0 Å². The molecule has 2 aromatic rings. The van der Waals surface area contributed by atoms with Gasteiger partial charge in [-0.1, -0.05) is 37.3 Å². The second-order valence-electron chi connectivity index (χ2n) is 7.74. The molecule has 5 heteroatoms. The molecule has 1 aromatic heterocycles. The predicted octanol–water partition coefficient (Wildman–Crippen LogP) is 3.35. The van der Waals surface area contributed by atoms with Crippen LogP contribution in [0.2, 0.25) is 0 Å². The molecule has 1 aliphatic heterocycles. The largest absolute Gasteiger partial charge is 0.381 e. The van der Waals surface area contributed by atoms with Gasteiger partial charge in [-0.3, -0.25) is 9.48 Å². The Labute approximate surface area is 156 Å². The van der Waals surface area contributed by atoms with Crippen LogP contribution in [-0.2, 0) is 22.6 Å². The molecule has 140 valence electrons. The van der Waals surface area contributed by atoms with E-state index in [1.807, 2.05) is 47.7 Å². The van der Waals surface area contributed by atoms with Crippen molar-refractivity contribution in [3.63, 3.8) is 0 Å². The van der Waals surface area contributed by atoms with Crippen LogP contribution in [0.3, 0.4) is 0 Å². The zero-order valence-electron chi connectivity index (χ0n) is 16.1. The van der Waals surface area contributed by atoms with Crippen molar-refractivity contribution in [2.45, 2.75) is 46.7 Å². The van der Waals surface area contributed by atoms with Gasteiger partial charge in [0.2, 0.25) is 5.91 Å². The van der Waals surface area contributed by atoms with Gasteiger partial charge in [0.1, 0.15) is 6.54 Å². The van der Waals surface area contributed by atoms with Gasteiger partial charge in [0.05, 0.1) is 5.69 Å². The minimum atomic E-state index is 0.109. The van der Waals surface area contributed by atoms with Gasteiger partial charge in [-0.2, -0.15) is 5.10 Å². The maximum atomic E-state index is 13.1. The summed E-state index contributed by atoms with van der Waals surface area (Å²) in [5.74, 6) is 0.118. The summed E-state index contributed by atoms with van der Waals surface area (Å²) in [5.41, 5.74) is 3.23. The Hall–Kier alpha value is -2.14. The minimum Gasteiger partial charge on any atom is -0.381 e. The molecule has 1 fully saturated rings. The third-order valence-electron chi connectivity index (χ3n) is 5.23. The highest BCUT2D eigenvalue weighted by Gasteiger charge is 2.31. The van der Waals surface area contributed by atoms with Gasteiger partial charge >= 0.3 is 0 Å². The molecule has 5 nitrogen and oxygen atoms in total. The normalized spacial score (nSPS) is 16.4. The fourth-order valence-corrected chi connectivity index (χ4v) is 3.58. The molecule has 0 saturated carbocycles. The van der Waals surface area contributed by atoms with Gasteiger partial charge < -0.3 is 9.64 Å². The SMILES string of the molecule is Cc1cc(C)n(CC(=O)N(Cc2ccccc2)CC2(C)CCOCC2)n1. The van der Waals surface area contributed by atoms with E-state index in [4.69, 9.17) is 4.74 Å². The lowest BCUT2D eigenvalue weighted by Crippen LogP contribution is -2.43. The standard InChI is InChI=1S/C21H29N3O2/c1-17-13-18(2)24(22-17)15-20(25)23(14-19-7-5-4-6-8-19)16-21(3)9-11-26-12-10-21/h4-8,13H,9-12,14-16H2,1-3H3. The molecule has 0 atom stereocenters. The Morgan fingerprint density at radius 1 is 1.23 bits per heavy atom. The van der Waals surface area contributed by atoms with Crippen LogP contribution in [0.15, 0.2) is 36.4 Å². The number of carbonyl (C=O) groups excluding carboxylic acids is 1. The van der Waals surface area contributed by atoms with Gasteiger partial charge in [0, 0.05) is 32.0 Å². The Kier molecular flexibility index (Phi) is 5.77. The number of hydrogen-bond donors (Lipinski definition) is 0. The summed E-state index contributed by atoms with van der Waals surface area (Å²) in [4.78, 5) is 15.1. The molecule has 1 saturated heterocycles. The second-order valence-corrected chi connectivity index (χ2v) is 7.74. The van der Waals surface area contributed by atoms with Crippen molar-refractivity contribution in [3.05, 3.63) is 53.3 Å². The third-order valence-corrected chi connectivity index (χ3v) is 5.23. The highest BCUT2D eigenvalue weighted by atomic mass is 16.5. The molecule has 0 bridgehead atoms. The number of hydrogen-bond acceptors (Lipinski definition) is 3. The molecule has 26 heavy (non-hydrogen) atoms. The summed E-state index contributed by atoms with van der Waals surface area (Å²) >= 11 is 0. The van der Waals surface area contributed by atoms with E-state index in [2.05, 4.69) is 24.2 Å². The smallest absolute Gasteiger partial charge is 0.244 e. The summed E-state index contributed by atoms with van der Waals surface area (Å²) in [6.07, 6.45) is 1.98. The Balaban J connectivity index is 1.77. The van der Waals surface area contributed by atoms with Crippen molar-refractivity contribution in [1.29, 1.82) is 0 Å². The third kappa shape index (κ3) is 4.73. The van der Waals surface area contributed by atoms with E-state index in [1.54, 1.807) is 0 Å². The van der Waals surface area contributed by atoms with Gasteiger partial charge in [0.25, 0.3) is 0 Å². The summed E-state index contributed by atoms with van der Waals surface area (Å²) < 4.78 is 7.33. The molecular weight excluding hydrogens is 326 g/mol. The van der Waals surface area contributed by atoms with Crippen LogP contribution in [0.5, 0.6) is 0 Å². The minimum absolute atomic E-state index is 0.109. The first-order chi connectivity index (χ1) is 12.5. The van der Waals surface area contributed by atoms with Gasteiger partial charge in [-0.05, 0) is 43.7 Å². The lowest BCUT2D eigenvalue weighted by atomic mass is 9.82. The highest BCUT2D eigenvalue weighted by Crippen LogP contribution is 2.31. The average Bonchev–Trinajstić information content (AvgIpc) is 2.93. The quantitative estimate of drug-likeness (QED) is 0.798. The maximum absolute atomic E-state index is 13.1. The van der Waals surface area contributed by atoms with E-state index in [1.165, 1.54) is 0 Å². The number of rotatable bonds is 6. The van der Waals surface area contributed by atoms with Crippen LogP contribution >= 0.6 is 0 Å². The first-order valence-corrected chi connectivity index (χ1v) is 9.36. The maximum Gasteiger partial charge on any atom is 0.244 e. The molecule has 1 aromatic carbocycles. The summed E-state index contributed by atoms with van der Waals surface area (Å²) in [6.45, 7) is 9.46. The van der Waals surface area contributed by atoms with Gasteiger partial charge in [0.15, 0.2) is 0 Å². The number of aryl methyl sites for hydroxylation is 2. The monoisotopic (exact) mass is 355 g/mol. The van der Waals surface area contributed by atoms with Crippen LogP contribution in [0.4, 0.5) is 0 Å². The molecule has 0 radical (unpaired) electrons. The lowest BCUT2D eigenvalue weighted by Gasteiger charge is -2.38. The summed E-state index contributed by atoms with van der Waals surface area (Å²) in [6, 6.07) is 12.2. The average molecular weight is 355 g/mol. The molecule has 1 amide bonds. The van der Waals surface area contributed by atoms with E-state index in [9.17, 15) is 4.79 Å². The number of ether oxygens (including phenoxy) is 1. The molecule has 0 N–H and O–H groups in total. The van der Waals surface area contributed by atoms with Crippen molar-refractivity contribution in [1.82, 2.24) is 14.7 Å². The van der Waals surface area contributed by atoms with Crippen LogP contribution in [0.1, 0.15) is 36.7 Å². The number of aromatic nitrogens is 2. The highest BCUT2D eigenvalue weighted by molar-refractivity contribution is 5.76. The van der Waals surface area contributed by atoms with Crippen LogP contribution in [0, 0.1) is 19.3 Å². The van der Waals surface area contributed by atoms with E-state index >= 15 is 0 Å². The first kappa shape index (κ1) is 18.6. The van der Waals surface area contributed by atoms with Crippen molar-refractivity contribution < 1.29 is 9.53 Å². The second kappa shape index (κ2) is 8.04. The predicted molar refractivity (Wildman–Crippen MR) is 102 cm³/mol. The molecule has 0 unspecified atom stereocenters. The summed E-state index contributed by atoms with van der Waals surface area (Å²) in [5, 5.41) is 4.45. The molecular formula is C21H29N3O2. The van der Waals surface area contributed by atoms with Crippen molar-refractivity contribution in [2.75, 3.05) is 19.8 Å². The van der Waals surface area contributed by atoms with E-state index < -0.39 is 0 Å². The number of benzene rings is 1. The van der Waals surface area contributed by atoms with E-state index in [0.29, 0.717) is 13.1 Å². The van der Waals surface area contributed by atoms with Crippen molar-refractivity contribution in [2.24, 2.45) is 5.41 Å². The zero-order valence-corrected chi connectivity index (χ0v) is 16.1. The molecule has 0 aliphatic carbocycles. The Morgan fingerprint density at radius 2 is 1.92 bits per heavy atom. The zero-order chi connectivity index (χ0) is 18.6. The van der Waals surface area contributed by atoms with Gasteiger partial charge in [-0.15, -0.1) is 0 Å². The van der Waals surface area contributed by atoms with E-state index in [0.717, 1.165) is 49.6 Å². The number of carbonyl (C=O) groups is 1. The van der Waals surface area contributed by atoms with Gasteiger partial charge in [-0.25, -0.2) is 0 Å².